The van der Waals surface area contributed by atoms with Gasteiger partial charge in [-0.1, -0.05) is 42.5 Å². The van der Waals surface area contributed by atoms with Crippen LogP contribution in [-0.4, -0.2) is 32.8 Å². The molecule has 0 amide bonds. The number of carbonyl (C=O) groups excluding carboxylic acids is 2. The predicted octanol–water partition coefficient (Wildman–Crippen LogP) is 2.88. The Balaban J connectivity index is 1.52. The maximum absolute atomic E-state index is 12.5. The summed E-state index contributed by atoms with van der Waals surface area (Å²) in [5.74, 6) is -1.12. The molecule has 0 unspecified atom stereocenters. The van der Waals surface area contributed by atoms with Gasteiger partial charge < -0.3 is 4.74 Å². The highest BCUT2D eigenvalue weighted by molar-refractivity contribution is 7.92. The van der Waals surface area contributed by atoms with Crippen LogP contribution in [0.4, 0.5) is 0 Å². The average molecular weight is 413 g/mol. The van der Waals surface area contributed by atoms with Crippen LogP contribution in [0, 0.1) is 0 Å². The van der Waals surface area contributed by atoms with Crippen molar-refractivity contribution in [1.29, 1.82) is 0 Å². The molecule has 0 aromatic heterocycles. The minimum Gasteiger partial charge on any atom is -0.453 e. The van der Waals surface area contributed by atoms with E-state index >= 15 is 0 Å². The fourth-order valence-electron chi connectivity index (χ4n) is 3.19. The summed E-state index contributed by atoms with van der Waals surface area (Å²) in [5.41, 5.74) is 3.63. The van der Waals surface area contributed by atoms with Crippen LogP contribution in [-0.2, 0) is 32.4 Å². The second-order valence-corrected chi connectivity index (χ2v) is 8.56. The molecule has 152 valence electrons. The molecule has 0 saturated heterocycles. The Morgan fingerprint density at radius 1 is 1.10 bits per heavy atom. The van der Waals surface area contributed by atoms with Gasteiger partial charge in [0.1, 0.15) is 6.54 Å². The molecule has 0 bridgehead atoms. The second kappa shape index (κ2) is 9.15. The number of fused-ring (bicyclic) bond motifs is 1. The lowest BCUT2D eigenvalue weighted by molar-refractivity contribution is -0.144. The zero-order chi connectivity index (χ0) is 20.9. The third-order valence-corrected chi connectivity index (χ3v) is 5.76. The summed E-state index contributed by atoms with van der Waals surface area (Å²) in [7, 11) is -3.81. The van der Waals surface area contributed by atoms with Crippen LogP contribution in [0.15, 0.2) is 53.9 Å². The molecule has 0 heterocycles. The smallest absolute Gasteiger partial charge is 0.321 e. The van der Waals surface area contributed by atoms with E-state index in [2.05, 4.69) is 4.72 Å². The van der Waals surface area contributed by atoms with Crippen molar-refractivity contribution in [3.63, 3.8) is 0 Å². The molecule has 7 heteroatoms. The fourth-order valence-corrected chi connectivity index (χ4v) is 3.94. The lowest BCUT2D eigenvalue weighted by Gasteiger charge is -2.13. The summed E-state index contributed by atoms with van der Waals surface area (Å²) in [6, 6.07) is 14.5. The molecule has 0 radical (unpaired) electrons. The Labute approximate surface area is 170 Å². The predicted molar refractivity (Wildman–Crippen MR) is 111 cm³/mol. The lowest BCUT2D eigenvalue weighted by atomic mass is 10.0. The van der Waals surface area contributed by atoms with Crippen molar-refractivity contribution in [3.05, 3.63) is 76.2 Å². The first kappa shape index (κ1) is 21.0. The highest BCUT2D eigenvalue weighted by Gasteiger charge is 2.22. The summed E-state index contributed by atoms with van der Waals surface area (Å²) >= 11 is 0. The van der Waals surface area contributed by atoms with E-state index in [0.29, 0.717) is 11.1 Å². The number of esters is 1. The van der Waals surface area contributed by atoms with E-state index in [1.54, 1.807) is 30.3 Å². The molecular weight excluding hydrogens is 390 g/mol. The van der Waals surface area contributed by atoms with Crippen molar-refractivity contribution in [3.8, 4) is 0 Å². The summed E-state index contributed by atoms with van der Waals surface area (Å²) in [4.78, 5) is 24.5. The number of aryl methyl sites for hydroxylation is 2. The molecule has 2 aromatic carbocycles. The number of rotatable bonds is 8. The number of hydrogen-bond donors (Lipinski definition) is 1. The highest BCUT2D eigenvalue weighted by Crippen LogP contribution is 2.23. The SMILES string of the molecule is C[C@@H](OC(=O)CNS(=O)(=O)/C=C/c1ccccc1)C(=O)c1ccc2c(c1)CCC2. The number of ketones is 1. The lowest BCUT2D eigenvalue weighted by Crippen LogP contribution is -2.33. The molecule has 6 nitrogen and oxygen atoms in total. The van der Waals surface area contributed by atoms with Crippen molar-refractivity contribution >= 4 is 27.9 Å². The van der Waals surface area contributed by atoms with Crippen molar-refractivity contribution in [1.82, 2.24) is 4.72 Å². The van der Waals surface area contributed by atoms with E-state index in [-0.39, 0.29) is 5.78 Å². The molecule has 1 aliphatic carbocycles. The third kappa shape index (κ3) is 5.85. The van der Waals surface area contributed by atoms with Gasteiger partial charge in [-0.3, -0.25) is 9.59 Å². The zero-order valence-corrected chi connectivity index (χ0v) is 16.9. The standard InChI is InChI=1S/C22H23NO5S/c1-16(22(25)20-11-10-18-8-5-9-19(18)14-20)28-21(24)15-23-29(26,27)13-12-17-6-3-2-4-7-17/h2-4,6-7,10-14,16,23H,5,8-9,15H2,1H3/b13-12+/t16-/m1/s1. The van der Waals surface area contributed by atoms with Gasteiger partial charge in [-0.25, -0.2) is 13.1 Å². The van der Waals surface area contributed by atoms with Crippen molar-refractivity contribution in [2.75, 3.05) is 6.54 Å². The third-order valence-electron chi connectivity index (χ3n) is 4.72. The molecule has 1 N–H and O–H groups in total. The number of benzene rings is 2. The summed E-state index contributed by atoms with van der Waals surface area (Å²) in [5, 5.41) is 0.981. The van der Waals surface area contributed by atoms with Gasteiger partial charge in [-0.15, -0.1) is 0 Å². The Hall–Kier alpha value is -2.77. The molecule has 2 aromatic rings. The van der Waals surface area contributed by atoms with Crippen LogP contribution in [0.5, 0.6) is 0 Å². The van der Waals surface area contributed by atoms with Gasteiger partial charge in [-0.2, -0.15) is 0 Å². The number of sulfonamides is 1. The van der Waals surface area contributed by atoms with Crippen LogP contribution in [0.1, 0.15) is 40.4 Å². The molecule has 0 fully saturated rings. The van der Waals surface area contributed by atoms with Gasteiger partial charge in [0.05, 0.1) is 0 Å². The molecule has 0 spiro atoms. The van der Waals surface area contributed by atoms with Gasteiger partial charge in [0.2, 0.25) is 15.8 Å². The van der Waals surface area contributed by atoms with E-state index in [1.165, 1.54) is 18.6 Å². The molecule has 29 heavy (non-hydrogen) atoms. The van der Waals surface area contributed by atoms with Gasteiger partial charge in [0.15, 0.2) is 6.10 Å². The van der Waals surface area contributed by atoms with Crippen molar-refractivity contribution in [2.24, 2.45) is 0 Å². The van der Waals surface area contributed by atoms with E-state index in [0.717, 1.165) is 30.2 Å². The van der Waals surface area contributed by atoms with Gasteiger partial charge >= 0.3 is 5.97 Å². The topological polar surface area (TPSA) is 89.5 Å². The van der Waals surface area contributed by atoms with E-state index in [9.17, 15) is 18.0 Å². The van der Waals surface area contributed by atoms with E-state index in [1.807, 2.05) is 18.2 Å². The molecule has 3 rings (SSSR count). The first-order valence-electron chi connectivity index (χ1n) is 9.42. The maximum Gasteiger partial charge on any atom is 0.321 e. The Bertz CT molecular complexity index is 1030. The van der Waals surface area contributed by atoms with Crippen molar-refractivity contribution < 1.29 is 22.7 Å². The maximum atomic E-state index is 12.5. The Kier molecular flexibility index (Phi) is 6.61. The van der Waals surface area contributed by atoms with Crippen LogP contribution in [0.3, 0.4) is 0 Å². The Morgan fingerprint density at radius 3 is 2.59 bits per heavy atom. The largest absolute Gasteiger partial charge is 0.453 e. The van der Waals surface area contributed by atoms with Gasteiger partial charge in [0.25, 0.3) is 0 Å². The van der Waals surface area contributed by atoms with Crippen LogP contribution >= 0.6 is 0 Å². The number of hydrogen-bond acceptors (Lipinski definition) is 5. The normalized spacial score (nSPS) is 14.5. The van der Waals surface area contributed by atoms with Crippen LogP contribution < -0.4 is 4.72 Å². The fraction of sp³-hybridized carbons (Fsp3) is 0.273. The van der Waals surface area contributed by atoms with Crippen LogP contribution in [0.2, 0.25) is 0 Å². The molecule has 0 saturated carbocycles. The quantitative estimate of drug-likeness (QED) is 0.531. The molecule has 1 atom stereocenters. The Morgan fingerprint density at radius 2 is 1.83 bits per heavy atom. The molecule has 1 aliphatic rings. The highest BCUT2D eigenvalue weighted by atomic mass is 32.2. The molecular formula is C22H23NO5S. The van der Waals surface area contributed by atoms with Crippen molar-refractivity contribution in [2.45, 2.75) is 32.3 Å². The number of carbonyl (C=O) groups is 2. The first-order chi connectivity index (χ1) is 13.8. The minimum atomic E-state index is -3.81. The number of ether oxygens (including phenoxy) is 1. The number of Topliss-reactive ketones (excluding diaryl/α,β-unsaturated/α-hetero) is 1. The van der Waals surface area contributed by atoms with Gasteiger partial charge in [0, 0.05) is 11.0 Å². The summed E-state index contributed by atoms with van der Waals surface area (Å²) < 4.78 is 31.2. The number of nitrogens with one attached hydrogen (secondary N) is 1. The van der Waals surface area contributed by atoms with Crippen LogP contribution in [0.25, 0.3) is 6.08 Å². The van der Waals surface area contributed by atoms with E-state index in [4.69, 9.17) is 4.74 Å². The summed E-state index contributed by atoms with van der Waals surface area (Å²) in [6.45, 7) is 0.931. The van der Waals surface area contributed by atoms with E-state index < -0.39 is 28.6 Å². The van der Waals surface area contributed by atoms with Gasteiger partial charge in [-0.05, 0) is 55.0 Å². The monoisotopic (exact) mass is 413 g/mol. The minimum absolute atomic E-state index is 0.306. The molecule has 0 aliphatic heterocycles. The first-order valence-corrected chi connectivity index (χ1v) is 11.0. The average Bonchev–Trinajstić information content (AvgIpc) is 3.19. The second-order valence-electron chi connectivity index (χ2n) is 6.91. The zero-order valence-electron chi connectivity index (χ0n) is 16.1. The summed E-state index contributed by atoms with van der Waals surface area (Å²) in [6.07, 6.45) is 3.48.